The highest BCUT2D eigenvalue weighted by Crippen LogP contribution is 2.46. The Morgan fingerprint density at radius 1 is 0.962 bits per heavy atom. The van der Waals surface area contributed by atoms with Gasteiger partial charge in [0, 0.05) is 30.9 Å². The van der Waals surface area contributed by atoms with Crippen LogP contribution in [0.4, 0.5) is 5.69 Å². The average Bonchev–Trinajstić information content (AvgIpc) is 3.07. The lowest BCUT2D eigenvalue weighted by molar-refractivity contribution is 0.0765. The Kier molecular flexibility index (Phi) is 5.05. The number of para-hydroxylation sites is 1. The summed E-state index contributed by atoms with van der Waals surface area (Å²) in [6.07, 6.45) is 5.15. The van der Waals surface area contributed by atoms with E-state index in [1.54, 1.807) is 14.2 Å². The van der Waals surface area contributed by atoms with Crippen molar-refractivity contribution in [3.8, 4) is 0 Å². The smallest absolute Gasteiger partial charge is 0.125 e. The van der Waals surface area contributed by atoms with E-state index in [0.29, 0.717) is 5.92 Å². The number of rotatable bonds is 5. The Hall–Kier alpha value is -2.17. The van der Waals surface area contributed by atoms with Gasteiger partial charge < -0.3 is 13.8 Å². The number of allylic oxidation sites excluding steroid dienone is 2. The van der Waals surface area contributed by atoms with Gasteiger partial charge in [0.2, 0.25) is 0 Å². The van der Waals surface area contributed by atoms with E-state index in [4.69, 9.17) is 9.47 Å². The fraction of sp³-hybridized carbons (Fsp3) is 0.273. The van der Waals surface area contributed by atoms with Gasteiger partial charge in [-0.3, -0.25) is 0 Å². The molecule has 2 aliphatic rings. The summed E-state index contributed by atoms with van der Waals surface area (Å²) >= 11 is 1.81. The van der Waals surface area contributed by atoms with Crippen molar-refractivity contribution in [1.29, 1.82) is 0 Å². The van der Waals surface area contributed by atoms with Crippen LogP contribution in [0.25, 0.3) is 0 Å². The van der Waals surface area contributed by atoms with Gasteiger partial charge in [0.15, 0.2) is 0 Å². The summed E-state index contributed by atoms with van der Waals surface area (Å²) in [5.41, 5.74) is 4.11. The minimum atomic E-state index is 0.00277. The van der Waals surface area contributed by atoms with Crippen LogP contribution in [-0.2, 0) is 9.47 Å². The second kappa shape index (κ2) is 7.60. The Labute approximate surface area is 159 Å². The molecule has 4 heteroatoms. The summed E-state index contributed by atoms with van der Waals surface area (Å²) in [6.45, 7) is 0.970. The minimum Gasteiger partial charge on any atom is -0.498 e. The van der Waals surface area contributed by atoms with Crippen molar-refractivity contribution in [2.24, 2.45) is 0 Å². The van der Waals surface area contributed by atoms with Crippen molar-refractivity contribution in [2.45, 2.75) is 23.3 Å². The molecule has 2 atom stereocenters. The van der Waals surface area contributed by atoms with E-state index in [-0.39, 0.29) is 6.10 Å². The largest absolute Gasteiger partial charge is 0.498 e. The standard InChI is InChI=1S/C22H23NO2S/c1-24-21-13-12-16(14-22(21)25-2)19-15-23(20-11-7-6-10-18(19)20)26-17-8-4-3-5-9-17/h3-13,19,22H,14-15H2,1-2H3. The zero-order valence-electron chi connectivity index (χ0n) is 15.1. The van der Waals surface area contributed by atoms with Crippen LogP contribution in [0.2, 0.25) is 0 Å². The highest BCUT2D eigenvalue weighted by molar-refractivity contribution is 8.00. The minimum absolute atomic E-state index is 0.00277. The van der Waals surface area contributed by atoms with Crippen molar-refractivity contribution in [2.75, 3.05) is 25.1 Å². The molecule has 2 aromatic carbocycles. The molecule has 0 saturated carbocycles. The van der Waals surface area contributed by atoms with Crippen LogP contribution in [0.5, 0.6) is 0 Å². The molecule has 0 N–H and O–H groups in total. The number of nitrogens with zero attached hydrogens (tertiary/aromatic N) is 1. The quantitative estimate of drug-likeness (QED) is 0.681. The van der Waals surface area contributed by atoms with E-state index in [9.17, 15) is 0 Å². The van der Waals surface area contributed by atoms with Gasteiger partial charge in [-0.1, -0.05) is 48.0 Å². The molecule has 134 valence electrons. The van der Waals surface area contributed by atoms with Crippen LogP contribution in [0.1, 0.15) is 17.9 Å². The Morgan fingerprint density at radius 2 is 1.73 bits per heavy atom. The molecular weight excluding hydrogens is 342 g/mol. The molecule has 3 nitrogen and oxygen atoms in total. The summed E-state index contributed by atoms with van der Waals surface area (Å²) < 4.78 is 13.5. The van der Waals surface area contributed by atoms with Crippen LogP contribution in [0.3, 0.4) is 0 Å². The van der Waals surface area contributed by atoms with E-state index in [1.165, 1.54) is 21.7 Å². The third-order valence-corrected chi connectivity index (χ3v) is 6.11. The first-order valence-corrected chi connectivity index (χ1v) is 9.64. The SMILES string of the molecule is COC1=CC=C(C2CN(Sc3ccccc3)c3ccccc32)CC1OC. The molecule has 4 rings (SSSR count). The molecule has 1 heterocycles. The predicted molar refractivity (Wildman–Crippen MR) is 107 cm³/mol. The van der Waals surface area contributed by atoms with Crippen molar-refractivity contribution in [3.63, 3.8) is 0 Å². The summed E-state index contributed by atoms with van der Waals surface area (Å²) in [5.74, 6) is 1.28. The second-order valence-corrected chi connectivity index (χ2v) is 7.61. The number of methoxy groups -OCH3 is 2. The molecule has 0 saturated heterocycles. The molecule has 1 aliphatic heterocycles. The van der Waals surface area contributed by atoms with Gasteiger partial charge in [0.25, 0.3) is 0 Å². The first kappa shape index (κ1) is 17.3. The molecule has 0 fully saturated rings. The molecule has 0 spiro atoms. The molecule has 2 unspecified atom stereocenters. The fourth-order valence-electron chi connectivity index (χ4n) is 3.72. The van der Waals surface area contributed by atoms with E-state index in [1.807, 2.05) is 11.9 Å². The number of hydrogen-bond acceptors (Lipinski definition) is 4. The van der Waals surface area contributed by atoms with Crippen molar-refractivity contribution >= 4 is 17.6 Å². The van der Waals surface area contributed by atoms with Crippen LogP contribution in [-0.4, -0.2) is 26.9 Å². The predicted octanol–water partition coefficient (Wildman–Crippen LogP) is 5.17. The highest BCUT2D eigenvalue weighted by Gasteiger charge is 2.34. The van der Waals surface area contributed by atoms with Gasteiger partial charge in [-0.15, -0.1) is 0 Å². The zero-order valence-corrected chi connectivity index (χ0v) is 15.9. The molecule has 0 aromatic heterocycles. The monoisotopic (exact) mass is 365 g/mol. The number of fused-ring (bicyclic) bond motifs is 1. The number of benzene rings is 2. The molecule has 1 aliphatic carbocycles. The number of anilines is 1. The summed E-state index contributed by atoms with van der Waals surface area (Å²) in [4.78, 5) is 1.26. The van der Waals surface area contributed by atoms with Crippen LogP contribution < -0.4 is 4.31 Å². The van der Waals surface area contributed by atoms with Gasteiger partial charge in [-0.2, -0.15) is 0 Å². The Morgan fingerprint density at radius 3 is 2.50 bits per heavy atom. The van der Waals surface area contributed by atoms with Crippen LogP contribution in [0.15, 0.2) is 83.0 Å². The maximum absolute atomic E-state index is 5.64. The molecule has 0 bridgehead atoms. The fourth-order valence-corrected chi connectivity index (χ4v) is 4.74. The summed E-state index contributed by atoms with van der Waals surface area (Å²) in [7, 11) is 3.46. The lowest BCUT2D eigenvalue weighted by atomic mass is 9.86. The first-order valence-electron chi connectivity index (χ1n) is 8.87. The number of hydrogen-bond donors (Lipinski definition) is 0. The lowest BCUT2D eigenvalue weighted by Gasteiger charge is -2.26. The van der Waals surface area contributed by atoms with E-state index >= 15 is 0 Å². The topological polar surface area (TPSA) is 21.7 Å². The molecule has 2 aromatic rings. The molecule has 0 radical (unpaired) electrons. The van der Waals surface area contributed by atoms with Gasteiger partial charge in [0.1, 0.15) is 11.9 Å². The van der Waals surface area contributed by atoms with E-state index < -0.39 is 0 Å². The Balaban J connectivity index is 1.62. The molecular formula is C22H23NO2S. The lowest BCUT2D eigenvalue weighted by Crippen LogP contribution is -2.22. The van der Waals surface area contributed by atoms with Crippen molar-refractivity contribution < 1.29 is 9.47 Å². The highest BCUT2D eigenvalue weighted by atomic mass is 32.2. The third-order valence-electron chi connectivity index (χ3n) is 5.06. The Bertz CT molecular complexity index is 831. The normalized spacial score (nSPS) is 21.8. The van der Waals surface area contributed by atoms with E-state index in [2.05, 4.69) is 71.1 Å². The number of ether oxygens (including phenoxy) is 2. The molecule has 26 heavy (non-hydrogen) atoms. The van der Waals surface area contributed by atoms with Gasteiger partial charge >= 0.3 is 0 Å². The van der Waals surface area contributed by atoms with Gasteiger partial charge in [0.05, 0.1) is 12.8 Å². The summed E-state index contributed by atoms with van der Waals surface area (Å²) in [5, 5.41) is 0. The van der Waals surface area contributed by atoms with Crippen LogP contribution in [0, 0.1) is 0 Å². The summed E-state index contributed by atoms with van der Waals surface area (Å²) in [6, 6.07) is 19.3. The van der Waals surface area contributed by atoms with E-state index in [0.717, 1.165) is 18.7 Å². The van der Waals surface area contributed by atoms with Crippen molar-refractivity contribution in [3.05, 3.63) is 83.6 Å². The zero-order chi connectivity index (χ0) is 17.9. The van der Waals surface area contributed by atoms with Gasteiger partial charge in [-0.25, -0.2) is 0 Å². The van der Waals surface area contributed by atoms with Crippen LogP contribution >= 0.6 is 11.9 Å². The first-order chi connectivity index (χ1) is 12.8. The average molecular weight is 365 g/mol. The van der Waals surface area contributed by atoms with Crippen molar-refractivity contribution in [1.82, 2.24) is 0 Å². The maximum Gasteiger partial charge on any atom is 0.125 e. The van der Waals surface area contributed by atoms with Gasteiger partial charge in [-0.05, 0) is 41.8 Å². The second-order valence-electron chi connectivity index (χ2n) is 6.52. The maximum atomic E-state index is 5.64. The molecule has 0 amide bonds. The third kappa shape index (κ3) is 3.27.